The van der Waals surface area contributed by atoms with Gasteiger partial charge in [-0.3, -0.25) is 19.3 Å². The van der Waals surface area contributed by atoms with Crippen LogP contribution in [0.2, 0.25) is 0 Å². The summed E-state index contributed by atoms with van der Waals surface area (Å²) in [6.45, 7) is 3.13. The Morgan fingerprint density at radius 2 is 1.10 bits per heavy atom. The van der Waals surface area contributed by atoms with Crippen molar-refractivity contribution in [3.8, 4) is 40.4 Å². The fourth-order valence-corrected chi connectivity index (χ4v) is 7.79. The summed E-state index contributed by atoms with van der Waals surface area (Å²) in [5.74, 6) is -4.40. The number of ether oxygens (including phenoxy) is 1. The molecule has 0 unspecified atom stereocenters. The third-order valence-electron chi connectivity index (χ3n) is 10.5. The number of pyridine rings is 4. The number of benzene rings is 2. The second kappa shape index (κ2) is 23.7. The van der Waals surface area contributed by atoms with Gasteiger partial charge in [-0.1, -0.05) is 0 Å². The van der Waals surface area contributed by atoms with Gasteiger partial charge >= 0.3 is 11.6 Å². The average molecular weight is 1130 g/mol. The molecule has 0 aliphatic rings. The van der Waals surface area contributed by atoms with Gasteiger partial charge in [0, 0.05) is 67.1 Å². The third-order valence-corrected chi connectivity index (χ3v) is 11.3. The standard InChI is InChI=1S/C24H17BrF2N6O3.C19H16F2N4O.C5H2BrFN2O2/c1-13(36-22-7-15(25)11-30-24(22)33(34)35)21-8-16(26)3-4-20(21)23-14(5-17(27)12-29-23)6-19-9-18(10-28)31-32(19)2;1-11(26)18-7-13(20)3-4-17(18)19-12(5-14(21)10-23-19)6-16-8-15(9-22)24-25(16)2;6-3-1-4(7)5(8-2-3)9(10)11/h3-5,7-9,11-13H,6H2,1-2H3;3-5,7-8,10-11,26H,6H2,1-2H3;1-2H/t13-;11-;/m11./s1. The van der Waals surface area contributed by atoms with Gasteiger partial charge in [0.2, 0.25) is 11.6 Å². The molecule has 0 saturated heterocycles. The number of rotatable bonds is 12. The van der Waals surface area contributed by atoms with E-state index >= 15 is 0 Å². The predicted molar refractivity (Wildman–Crippen MR) is 257 cm³/mol. The van der Waals surface area contributed by atoms with E-state index in [0.29, 0.717) is 65.1 Å². The molecule has 0 amide bonds. The van der Waals surface area contributed by atoms with Crippen LogP contribution in [0.15, 0.2) is 107 Å². The van der Waals surface area contributed by atoms with Crippen LogP contribution in [0.5, 0.6) is 5.75 Å². The van der Waals surface area contributed by atoms with E-state index in [1.165, 1.54) is 78.6 Å². The molecule has 372 valence electrons. The van der Waals surface area contributed by atoms with Gasteiger partial charge in [0.25, 0.3) is 0 Å². The second-order valence-corrected chi connectivity index (χ2v) is 17.4. The number of nitro groups is 2. The Balaban J connectivity index is 0.000000204. The number of hydrogen-bond donors (Lipinski definition) is 1. The number of aliphatic hydroxyl groups excluding tert-OH is 1. The fraction of sp³-hybridized carbons (Fsp3) is 0.167. The van der Waals surface area contributed by atoms with E-state index in [2.05, 4.69) is 62.0 Å². The number of aryl methyl sites for hydroxylation is 2. The minimum atomic E-state index is -0.940. The Kier molecular flexibility index (Phi) is 17.5. The van der Waals surface area contributed by atoms with Gasteiger partial charge in [0.15, 0.2) is 23.8 Å². The smallest absolute Gasteiger partial charge is 0.406 e. The van der Waals surface area contributed by atoms with Crippen LogP contribution in [0.4, 0.5) is 33.6 Å². The van der Waals surface area contributed by atoms with Gasteiger partial charge in [0.05, 0.1) is 38.8 Å². The zero-order valence-corrected chi connectivity index (χ0v) is 41.5. The summed E-state index contributed by atoms with van der Waals surface area (Å²) < 4.78 is 78.3. The maximum atomic E-state index is 14.3. The maximum absolute atomic E-state index is 14.3. The Morgan fingerprint density at radius 3 is 1.53 bits per heavy atom. The van der Waals surface area contributed by atoms with Gasteiger partial charge in [-0.05, 0) is 143 Å². The highest BCUT2D eigenvalue weighted by Gasteiger charge is 2.25. The van der Waals surface area contributed by atoms with Crippen molar-refractivity contribution in [2.45, 2.75) is 38.9 Å². The molecule has 6 aromatic heterocycles. The van der Waals surface area contributed by atoms with E-state index in [9.17, 15) is 47.3 Å². The van der Waals surface area contributed by atoms with E-state index in [1.54, 1.807) is 37.8 Å². The van der Waals surface area contributed by atoms with Crippen molar-refractivity contribution in [2.75, 3.05) is 0 Å². The molecule has 0 spiro atoms. The number of aliphatic hydroxyl groups is 1. The lowest BCUT2D eigenvalue weighted by atomic mass is 9.95. The first-order valence-corrected chi connectivity index (χ1v) is 22.6. The first-order valence-electron chi connectivity index (χ1n) is 21.0. The molecule has 0 radical (unpaired) electrons. The van der Waals surface area contributed by atoms with Crippen LogP contribution in [-0.4, -0.2) is 54.5 Å². The van der Waals surface area contributed by atoms with Gasteiger partial charge < -0.3 is 30.1 Å². The van der Waals surface area contributed by atoms with Crippen LogP contribution in [-0.2, 0) is 26.9 Å². The lowest BCUT2D eigenvalue weighted by Crippen LogP contribution is -2.09. The molecule has 0 aliphatic heterocycles. The lowest BCUT2D eigenvalue weighted by Gasteiger charge is -2.19. The molecule has 25 heteroatoms. The van der Waals surface area contributed by atoms with Gasteiger partial charge in [-0.2, -0.15) is 25.1 Å². The van der Waals surface area contributed by atoms with Crippen LogP contribution < -0.4 is 4.74 Å². The van der Waals surface area contributed by atoms with E-state index in [-0.39, 0.29) is 30.0 Å². The molecular weight excluding hydrogens is 1100 g/mol. The summed E-state index contributed by atoms with van der Waals surface area (Å²) >= 11 is 6.14. The first-order chi connectivity index (χ1) is 34.6. The summed E-state index contributed by atoms with van der Waals surface area (Å²) in [7, 11) is 3.36. The molecule has 8 rings (SSSR count). The normalized spacial score (nSPS) is 11.5. The Hall–Kier alpha value is -8.39. The zero-order valence-electron chi connectivity index (χ0n) is 38.3. The molecule has 0 aliphatic carbocycles. The number of nitriles is 2. The van der Waals surface area contributed by atoms with Gasteiger partial charge in [-0.25, -0.2) is 17.6 Å². The summed E-state index contributed by atoms with van der Waals surface area (Å²) in [6, 6.07) is 20.2. The lowest BCUT2D eigenvalue weighted by molar-refractivity contribution is -0.392. The van der Waals surface area contributed by atoms with Crippen LogP contribution in [0, 0.1) is 72.0 Å². The topological polar surface area (TPSA) is 251 Å². The van der Waals surface area contributed by atoms with Crippen molar-refractivity contribution in [2.24, 2.45) is 14.1 Å². The van der Waals surface area contributed by atoms with E-state index in [1.807, 2.05) is 12.1 Å². The van der Waals surface area contributed by atoms with E-state index in [0.717, 1.165) is 18.5 Å². The number of hydrogen-bond acceptors (Lipinski definition) is 14. The van der Waals surface area contributed by atoms with Crippen molar-refractivity contribution in [3.05, 3.63) is 201 Å². The number of nitrogens with zero attached hydrogens (tertiary/aromatic N) is 12. The van der Waals surface area contributed by atoms with Gasteiger partial charge in [-0.15, -0.1) is 0 Å². The molecular formula is C48H35Br2F5N12O6. The average Bonchev–Trinajstić information content (AvgIpc) is 3.88. The molecule has 73 heavy (non-hydrogen) atoms. The molecule has 2 aromatic carbocycles. The van der Waals surface area contributed by atoms with Crippen LogP contribution in [0.1, 0.15) is 71.1 Å². The minimum absolute atomic E-state index is 0.108. The van der Waals surface area contributed by atoms with Crippen molar-refractivity contribution in [1.29, 1.82) is 10.5 Å². The monoisotopic (exact) mass is 1130 g/mol. The number of aromatic nitrogens is 8. The molecule has 1 N–H and O–H groups in total. The van der Waals surface area contributed by atoms with E-state index < -0.39 is 62.8 Å². The molecule has 0 saturated carbocycles. The molecule has 8 aromatic rings. The van der Waals surface area contributed by atoms with E-state index in [4.69, 9.17) is 15.3 Å². The Morgan fingerprint density at radius 1 is 0.644 bits per heavy atom. The van der Waals surface area contributed by atoms with Crippen molar-refractivity contribution in [3.63, 3.8) is 0 Å². The molecule has 6 heterocycles. The van der Waals surface area contributed by atoms with Crippen molar-refractivity contribution < 1.29 is 41.6 Å². The minimum Gasteiger partial charge on any atom is -0.478 e. The third kappa shape index (κ3) is 13.5. The number of halogens is 7. The molecule has 0 fully saturated rings. The van der Waals surface area contributed by atoms with Crippen LogP contribution in [0.25, 0.3) is 22.5 Å². The Labute approximate surface area is 427 Å². The summed E-state index contributed by atoms with van der Waals surface area (Å²) in [6.07, 6.45) is 3.26. The maximum Gasteiger partial charge on any atom is 0.406 e. The highest BCUT2D eigenvalue weighted by Crippen LogP contribution is 2.37. The second-order valence-electron chi connectivity index (χ2n) is 15.5. The van der Waals surface area contributed by atoms with Crippen molar-refractivity contribution >= 4 is 43.5 Å². The van der Waals surface area contributed by atoms with Crippen LogP contribution >= 0.6 is 31.9 Å². The first kappa shape index (κ1) is 54.0. The van der Waals surface area contributed by atoms with Gasteiger partial charge in [0.1, 0.15) is 41.5 Å². The Bertz CT molecular complexity index is 3470. The summed E-state index contributed by atoms with van der Waals surface area (Å²) in [5, 5.41) is 57.7. The van der Waals surface area contributed by atoms with Crippen molar-refractivity contribution in [1.82, 2.24) is 39.5 Å². The highest BCUT2D eigenvalue weighted by molar-refractivity contribution is 9.10. The fourth-order valence-electron chi connectivity index (χ4n) is 7.17. The predicted octanol–water partition coefficient (Wildman–Crippen LogP) is 10.6. The summed E-state index contributed by atoms with van der Waals surface area (Å²) in [4.78, 5) is 35.4. The molecule has 0 bridgehead atoms. The largest absolute Gasteiger partial charge is 0.478 e. The quantitative estimate of drug-likeness (QED) is 0.0679. The molecule has 18 nitrogen and oxygen atoms in total. The van der Waals surface area contributed by atoms with Crippen LogP contribution in [0.3, 0.4) is 0 Å². The molecule has 2 atom stereocenters. The zero-order chi connectivity index (χ0) is 53.3. The highest BCUT2D eigenvalue weighted by atomic mass is 79.9. The summed E-state index contributed by atoms with van der Waals surface area (Å²) in [5.41, 5.74) is 5.34. The SMILES string of the molecule is C[C@@H](O)c1cc(F)ccc1-c1ncc(F)cc1Cc1cc(C#N)nn1C.C[C@@H](Oc1cc(Br)cnc1[N+](=O)[O-])c1cc(F)ccc1-c1ncc(F)cc1Cc1cc(C#N)nn1C.O=[N+]([O-])c1ncc(Br)cc1F.